The van der Waals surface area contributed by atoms with Gasteiger partial charge in [-0.25, -0.2) is 0 Å². The van der Waals surface area contributed by atoms with Crippen LogP contribution in [0.4, 0.5) is 5.69 Å². The third-order valence-corrected chi connectivity index (χ3v) is 6.01. The molecule has 0 unspecified atom stereocenters. The molecule has 7 nitrogen and oxygen atoms in total. The Morgan fingerprint density at radius 3 is 2.40 bits per heavy atom. The smallest absolute Gasteiger partial charge is 0.261 e. The van der Waals surface area contributed by atoms with Crippen molar-refractivity contribution in [1.29, 1.82) is 0 Å². The molecule has 4 rings (SSSR count). The topological polar surface area (TPSA) is 110 Å². The van der Waals surface area contributed by atoms with Crippen LogP contribution < -0.4 is 16.4 Å². The van der Waals surface area contributed by atoms with Crippen molar-refractivity contribution in [2.24, 2.45) is 5.73 Å². The van der Waals surface area contributed by atoms with Crippen LogP contribution in [0.2, 0.25) is 5.02 Å². The van der Waals surface area contributed by atoms with E-state index in [1.807, 2.05) is 37.3 Å². The number of aromatic nitrogens is 1. The molecule has 3 aromatic carbocycles. The quantitative estimate of drug-likeness (QED) is 0.329. The SMILES string of the molecule is Cc1ccc(C(=O)NCc2ccc(CN)cc2)cc1NC(=O)c1c(-c2ccccc2Cl)noc1C. The molecule has 4 N–H and O–H groups in total. The summed E-state index contributed by atoms with van der Waals surface area (Å²) in [5.41, 5.74) is 10.6. The highest BCUT2D eigenvalue weighted by atomic mass is 35.5. The van der Waals surface area contributed by atoms with Crippen molar-refractivity contribution < 1.29 is 14.1 Å². The van der Waals surface area contributed by atoms with Crippen molar-refractivity contribution in [2.45, 2.75) is 26.9 Å². The van der Waals surface area contributed by atoms with E-state index in [1.165, 1.54) is 0 Å². The molecule has 0 spiro atoms. The second kappa shape index (κ2) is 10.5. The number of hydrogen-bond donors (Lipinski definition) is 3. The highest BCUT2D eigenvalue weighted by molar-refractivity contribution is 6.33. The van der Waals surface area contributed by atoms with Crippen LogP contribution in [0.25, 0.3) is 11.3 Å². The zero-order valence-corrected chi connectivity index (χ0v) is 20.1. The molecule has 4 aromatic rings. The van der Waals surface area contributed by atoms with Gasteiger partial charge < -0.3 is 20.9 Å². The van der Waals surface area contributed by atoms with Crippen LogP contribution in [-0.2, 0) is 13.1 Å². The predicted molar refractivity (Wildman–Crippen MR) is 136 cm³/mol. The van der Waals surface area contributed by atoms with E-state index in [9.17, 15) is 9.59 Å². The lowest BCUT2D eigenvalue weighted by molar-refractivity contribution is 0.0949. The Balaban J connectivity index is 1.52. The third kappa shape index (κ3) is 5.42. The van der Waals surface area contributed by atoms with Crippen LogP contribution in [0.5, 0.6) is 0 Å². The first-order valence-electron chi connectivity index (χ1n) is 11.1. The summed E-state index contributed by atoms with van der Waals surface area (Å²) < 4.78 is 5.30. The van der Waals surface area contributed by atoms with Crippen LogP contribution in [0.3, 0.4) is 0 Å². The minimum atomic E-state index is -0.403. The predicted octanol–water partition coefficient (Wildman–Crippen LogP) is 5.25. The van der Waals surface area contributed by atoms with Crippen LogP contribution in [0.15, 0.2) is 71.3 Å². The summed E-state index contributed by atoms with van der Waals surface area (Å²) in [6.07, 6.45) is 0. The van der Waals surface area contributed by atoms with E-state index in [1.54, 1.807) is 43.3 Å². The van der Waals surface area contributed by atoms with Crippen LogP contribution in [0.1, 0.15) is 43.2 Å². The third-order valence-electron chi connectivity index (χ3n) is 5.68. The van der Waals surface area contributed by atoms with Gasteiger partial charge >= 0.3 is 0 Å². The molecular weight excluding hydrogens is 464 g/mol. The number of aryl methyl sites for hydroxylation is 2. The molecule has 1 heterocycles. The van der Waals surface area contributed by atoms with Gasteiger partial charge in [-0.2, -0.15) is 0 Å². The van der Waals surface area contributed by atoms with E-state index in [-0.39, 0.29) is 11.5 Å². The number of rotatable bonds is 7. The van der Waals surface area contributed by atoms with Gasteiger partial charge in [0.15, 0.2) is 0 Å². The minimum absolute atomic E-state index is 0.249. The van der Waals surface area contributed by atoms with E-state index in [0.29, 0.717) is 46.4 Å². The number of benzene rings is 3. The van der Waals surface area contributed by atoms with Gasteiger partial charge in [0.1, 0.15) is 17.0 Å². The largest absolute Gasteiger partial charge is 0.360 e. The molecule has 2 amide bonds. The van der Waals surface area contributed by atoms with Gasteiger partial charge in [0.2, 0.25) is 0 Å². The van der Waals surface area contributed by atoms with E-state index >= 15 is 0 Å². The van der Waals surface area contributed by atoms with Crippen molar-refractivity contribution in [3.63, 3.8) is 0 Å². The molecule has 0 atom stereocenters. The molecule has 8 heteroatoms. The Bertz CT molecular complexity index is 1380. The molecule has 0 aliphatic carbocycles. The maximum Gasteiger partial charge on any atom is 0.261 e. The van der Waals surface area contributed by atoms with Crippen LogP contribution in [0, 0.1) is 13.8 Å². The van der Waals surface area contributed by atoms with Gasteiger partial charge in [-0.3, -0.25) is 9.59 Å². The summed E-state index contributed by atoms with van der Waals surface area (Å²) in [5.74, 6) is -0.287. The first kappa shape index (κ1) is 24.2. The lowest BCUT2D eigenvalue weighted by atomic mass is 10.0. The molecule has 0 saturated carbocycles. The molecular formula is C27H25ClN4O3. The van der Waals surface area contributed by atoms with E-state index < -0.39 is 5.91 Å². The zero-order chi connectivity index (χ0) is 24.9. The fraction of sp³-hybridized carbons (Fsp3) is 0.148. The number of carbonyl (C=O) groups is 2. The van der Waals surface area contributed by atoms with Crippen LogP contribution in [-0.4, -0.2) is 17.0 Å². The van der Waals surface area contributed by atoms with Gasteiger partial charge in [-0.1, -0.05) is 65.3 Å². The first-order valence-corrected chi connectivity index (χ1v) is 11.4. The highest BCUT2D eigenvalue weighted by Crippen LogP contribution is 2.31. The molecule has 0 saturated heterocycles. The summed E-state index contributed by atoms with van der Waals surface area (Å²) in [4.78, 5) is 26.0. The Morgan fingerprint density at radius 1 is 0.971 bits per heavy atom. The second-order valence-electron chi connectivity index (χ2n) is 8.13. The highest BCUT2D eigenvalue weighted by Gasteiger charge is 2.23. The van der Waals surface area contributed by atoms with Crippen molar-refractivity contribution >= 4 is 29.1 Å². The normalized spacial score (nSPS) is 10.7. The molecule has 35 heavy (non-hydrogen) atoms. The standard InChI is InChI=1S/C27H25ClN4O3/c1-16-7-12-20(26(33)30-15-19-10-8-18(14-29)9-11-19)13-23(16)31-27(34)24-17(2)35-32-25(24)21-5-3-4-6-22(21)28/h3-13H,14-15,29H2,1-2H3,(H,30,33)(H,31,34). The van der Waals surface area contributed by atoms with E-state index in [4.69, 9.17) is 21.9 Å². The van der Waals surface area contributed by atoms with Crippen molar-refractivity contribution in [2.75, 3.05) is 5.32 Å². The maximum absolute atomic E-state index is 13.2. The molecule has 178 valence electrons. The summed E-state index contributed by atoms with van der Waals surface area (Å²) in [5, 5.41) is 10.3. The Kier molecular flexibility index (Phi) is 7.29. The molecule has 0 aliphatic heterocycles. The average Bonchev–Trinajstić information content (AvgIpc) is 3.25. The zero-order valence-electron chi connectivity index (χ0n) is 19.4. The number of nitrogens with one attached hydrogen (secondary N) is 2. The first-order chi connectivity index (χ1) is 16.9. The molecule has 0 bridgehead atoms. The number of anilines is 1. The fourth-order valence-electron chi connectivity index (χ4n) is 3.64. The summed E-state index contributed by atoms with van der Waals surface area (Å²) in [6.45, 7) is 4.37. The lowest BCUT2D eigenvalue weighted by Gasteiger charge is -2.12. The number of halogens is 1. The maximum atomic E-state index is 13.2. The lowest BCUT2D eigenvalue weighted by Crippen LogP contribution is -2.23. The van der Waals surface area contributed by atoms with Gasteiger partial charge in [-0.05, 0) is 48.7 Å². The van der Waals surface area contributed by atoms with Gasteiger partial charge in [0.05, 0.1) is 5.02 Å². The molecule has 0 fully saturated rings. The van der Waals surface area contributed by atoms with Crippen LogP contribution >= 0.6 is 11.6 Å². The van der Waals surface area contributed by atoms with Crippen molar-refractivity contribution in [1.82, 2.24) is 10.5 Å². The Morgan fingerprint density at radius 2 is 1.69 bits per heavy atom. The number of nitrogens with zero attached hydrogens (tertiary/aromatic N) is 1. The minimum Gasteiger partial charge on any atom is -0.360 e. The number of carbonyl (C=O) groups excluding carboxylic acids is 2. The monoisotopic (exact) mass is 488 g/mol. The second-order valence-corrected chi connectivity index (χ2v) is 8.54. The van der Waals surface area contributed by atoms with E-state index in [2.05, 4.69) is 15.8 Å². The Hall–Kier alpha value is -3.94. The van der Waals surface area contributed by atoms with Crippen molar-refractivity contribution in [3.8, 4) is 11.3 Å². The molecule has 0 aliphatic rings. The van der Waals surface area contributed by atoms with Gasteiger partial charge in [-0.15, -0.1) is 0 Å². The summed E-state index contributed by atoms with van der Waals surface area (Å²) >= 11 is 6.31. The van der Waals surface area contributed by atoms with Gasteiger partial charge in [0.25, 0.3) is 11.8 Å². The van der Waals surface area contributed by atoms with Gasteiger partial charge in [0, 0.05) is 29.9 Å². The molecule has 0 radical (unpaired) electrons. The van der Waals surface area contributed by atoms with E-state index in [0.717, 1.165) is 16.7 Å². The average molecular weight is 489 g/mol. The molecule has 1 aromatic heterocycles. The Labute approximate surface area is 208 Å². The summed E-state index contributed by atoms with van der Waals surface area (Å²) in [7, 11) is 0. The fourth-order valence-corrected chi connectivity index (χ4v) is 3.86. The number of hydrogen-bond acceptors (Lipinski definition) is 5. The van der Waals surface area contributed by atoms with Crippen molar-refractivity contribution in [3.05, 3.63) is 105 Å². The summed E-state index contributed by atoms with van der Waals surface area (Å²) in [6, 6.07) is 20.0. The number of amides is 2. The number of nitrogens with two attached hydrogens (primary N) is 1.